The van der Waals surface area contributed by atoms with Crippen LogP contribution in [0.25, 0.3) is 0 Å². The van der Waals surface area contributed by atoms with Gasteiger partial charge in [0.25, 0.3) is 5.91 Å². The zero-order chi connectivity index (χ0) is 23.2. The summed E-state index contributed by atoms with van der Waals surface area (Å²) >= 11 is 0. The Hall–Kier alpha value is -3.60. The van der Waals surface area contributed by atoms with Crippen molar-refractivity contribution in [2.45, 2.75) is 56.9 Å². The van der Waals surface area contributed by atoms with E-state index in [0.29, 0.717) is 17.7 Å². The number of carbonyl (C=O) groups excluding carboxylic acids is 1. The Morgan fingerprint density at radius 1 is 0.824 bits per heavy atom. The Morgan fingerprint density at radius 3 is 1.97 bits per heavy atom. The molecule has 0 radical (unpaired) electrons. The molecule has 34 heavy (non-hydrogen) atoms. The number of benzene rings is 3. The van der Waals surface area contributed by atoms with E-state index in [1.54, 1.807) is 23.3 Å². The van der Waals surface area contributed by atoms with Crippen LogP contribution in [0.5, 0.6) is 0 Å². The van der Waals surface area contributed by atoms with Gasteiger partial charge < -0.3 is 16.3 Å². The zero-order valence-electron chi connectivity index (χ0n) is 19.2. The Balaban J connectivity index is 1.17. The maximum absolute atomic E-state index is 12.9. The second-order valence-electron chi connectivity index (χ2n) is 10.0. The van der Waals surface area contributed by atoms with Crippen LogP contribution in [0.15, 0.2) is 59.8 Å². The molecule has 5 heteroatoms. The highest BCUT2D eigenvalue weighted by atomic mass is 16.4. The van der Waals surface area contributed by atoms with Gasteiger partial charge in [-0.15, -0.1) is 0 Å². The molecular weight excluding hydrogens is 422 g/mol. The molecule has 3 aromatic rings. The van der Waals surface area contributed by atoms with Crippen molar-refractivity contribution in [2.75, 3.05) is 0 Å². The summed E-state index contributed by atoms with van der Waals surface area (Å²) in [4.78, 5) is 12.9. The number of nitrogens with two attached hydrogens (primary N) is 1. The van der Waals surface area contributed by atoms with E-state index < -0.39 is 0 Å². The molecule has 1 amide bonds. The van der Waals surface area contributed by atoms with Gasteiger partial charge in [0.05, 0.1) is 0 Å². The van der Waals surface area contributed by atoms with Crippen molar-refractivity contribution in [3.8, 4) is 0 Å². The molecule has 0 spiro atoms. The summed E-state index contributed by atoms with van der Waals surface area (Å²) < 4.78 is 0. The predicted molar refractivity (Wildman–Crippen MR) is 133 cm³/mol. The van der Waals surface area contributed by atoms with Crippen LogP contribution >= 0.6 is 0 Å². The van der Waals surface area contributed by atoms with Crippen molar-refractivity contribution in [2.24, 2.45) is 10.9 Å². The van der Waals surface area contributed by atoms with Crippen LogP contribution in [0.4, 0.5) is 0 Å². The van der Waals surface area contributed by atoms with Crippen LogP contribution in [-0.4, -0.2) is 17.0 Å². The molecule has 0 bridgehead atoms. The first kappa shape index (κ1) is 21.0. The Morgan fingerprint density at radius 2 is 1.38 bits per heavy atom. The SMILES string of the molecule is N/C(=N\O)c1ccc(CNC(=O)c2ccc3c(c2)Cc2cc(C4CC4)c(C4CC4)cc2C3)cc1. The van der Waals surface area contributed by atoms with Gasteiger partial charge in [-0.3, -0.25) is 4.79 Å². The zero-order valence-corrected chi connectivity index (χ0v) is 19.2. The van der Waals surface area contributed by atoms with Crippen molar-refractivity contribution in [3.05, 3.63) is 105 Å². The smallest absolute Gasteiger partial charge is 0.251 e. The van der Waals surface area contributed by atoms with E-state index in [4.69, 9.17) is 10.9 Å². The fourth-order valence-electron chi connectivity index (χ4n) is 5.20. The molecule has 2 fully saturated rings. The quantitative estimate of drug-likeness (QED) is 0.168. The third kappa shape index (κ3) is 4.07. The molecule has 0 unspecified atom stereocenters. The number of rotatable bonds is 6. The summed E-state index contributed by atoms with van der Waals surface area (Å²) in [7, 11) is 0. The molecule has 3 aliphatic carbocycles. The highest BCUT2D eigenvalue weighted by molar-refractivity contribution is 5.97. The van der Waals surface area contributed by atoms with Gasteiger partial charge in [0, 0.05) is 17.7 Å². The van der Waals surface area contributed by atoms with Crippen molar-refractivity contribution < 1.29 is 10.0 Å². The monoisotopic (exact) mass is 451 g/mol. The van der Waals surface area contributed by atoms with E-state index >= 15 is 0 Å². The molecule has 0 aliphatic heterocycles. The average Bonchev–Trinajstić information content (AvgIpc) is 3.78. The number of nitrogens with zero attached hydrogens (tertiary/aromatic N) is 1. The summed E-state index contributed by atoms with van der Waals surface area (Å²) in [5.41, 5.74) is 16.7. The summed E-state index contributed by atoms with van der Waals surface area (Å²) in [5.74, 6) is 1.57. The lowest BCUT2D eigenvalue weighted by atomic mass is 9.82. The minimum Gasteiger partial charge on any atom is -0.409 e. The molecule has 172 valence electrons. The number of hydrogen-bond donors (Lipinski definition) is 3. The molecule has 3 aliphatic rings. The Labute approximate surface area is 199 Å². The first-order chi connectivity index (χ1) is 16.6. The largest absolute Gasteiger partial charge is 0.409 e. The molecule has 0 aromatic heterocycles. The van der Waals surface area contributed by atoms with E-state index in [9.17, 15) is 4.79 Å². The highest BCUT2D eigenvalue weighted by Crippen LogP contribution is 2.50. The fraction of sp³-hybridized carbons (Fsp3) is 0.310. The number of oxime groups is 1. The van der Waals surface area contributed by atoms with E-state index in [2.05, 4.69) is 34.7 Å². The number of amides is 1. The van der Waals surface area contributed by atoms with Crippen molar-refractivity contribution in [1.82, 2.24) is 5.32 Å². The van der Waals surface area contributed by atoms with Gasteiger partial charge in [0.2, 0.25) is 0 Å². The number of carbonyl (C=O) groups is 1. The van der Waals surface area contributed by atoms with Gasteiger partial charge in [-0.1, -0.05) is 47.6 Å². The van der Waals surface area contributed by atoms with Gasteiger partial charge in [0.15, 0.2) is 5.84 Å². The van der Waals surface area contributed by atoms with Gasteiger partial charge in [-0.05, 0) is 101 Å². The van der Waals surface area contributed by atoms with E-state index in [1.807, 2.05) is 18.2 Å². The van der Waals surface area contributed by atoms with Crippen molar-refractivity contribution >= 4 is 11.7 Å². The van der Waals surface area contributed by atoms with Crippen LogP contribution in [0.3, 0.4) is 0 Å². The van der Waals surface area contributed by atoms with E-state index in [0.717, 1.165) is 30.2 Å². The van der Waals surface area contributed by atoms with Crippen LogP contribution in [0.2, 0.25) is 0 Å². The second kappa shape index (κ2) is 8.32. The lowest BCUT2D eigenvalue weighted by Gasteiger charge is -2.23. The van der Waals surface area contributed by atoms with Gasteiger partial charge in [-0.2, -0.15) is 0 Å². The summed E-state index contributed by atoms with van der Waals surface area (Å²) in [6.07, 6.45) is 7.25. The van der Waals surface area contributed by atoms with Gasteiger partial charge >= 0.3 is 0 Å². The molecule has 5 nitrogen and oxygen atoms in total. The Bertz CT molecular complexity index is 1300. The number of fused-ring (bicyclic) bond motifs is 2. The lowest BCUT2D eigenvalue weighted by molar-refractivity contribution is 0.0951. The average molecular weight is 452 g/mol. The van der Waals surface area contributed by atoms with Gasteiger partial charge in [0.1, 0.15) is 0 Å². The number of nitrogens with one attached hydrogen (secondary N) is 1. The van der Waals surface area contributed by atoms with Crippen LogP contribution in [0.1, 0.15) is 92.4 Å². The molecule has 2 saturated carbocycles. The van der Waals surface area contributed by atoms with Crippen LogP contribution in [-0.2, 0) is 19.4 Å². The summed E-state index contributed by atoms with van der Waals surface area (Å²) in [6.45, 7) is 0.421. The minimum absolute atomic E-state index is 0.0687. The molecular formula is C29H29N3O2. The highest BCUT2D eigenvalue weighted by Gasteiger charge is 2.34. The molecule has 3 aromatic carbocycles. The lowest BCUT2D eigenvalue weighted by Crippen LogP contribution is -2.23. The molecule has 0 heterocycles. The molecule has 4 N–H and O–H groups in total. The third-order valence-electron chi connectivity index (χ3n) is 7.48. The Kier molecular flexibility index (Phi) is 5.13. The fourth-order valence-corrected chi connectivity index (χ4v) is 5.20. The van der Waals surface area contributed by atoms with Crippen LogP contribution in [0, 0.1) is 0 Å². The maximum atomic E-state index is 12.9. The molecule has 6 rings (SSSR count). The van der Waals surface area contributed by atoms with Gasteiger partial charge in [-0.25, -0.2) is 0 Å². The number of amidine groups is 1. The summed E-state index contributed by atoms with van der Waals surface area (Å²) in [6, 6.07) is 18.4. The van der Waals surface area contributed by atoms with E-state index in [1.165, 1.54) is 47.9 Å². The standard InChI is InChI=1S/C29H29N3O2/c30-28(32-34)20-3-1-17(2-4-20)16-31-29(33)22-10-9-21-11-24-14-26(18-5-6-18)27(19-7-8-19)15-25(24)13-23(21)12-22/h1-4,9-10,12,14-15,18-19,34H,5-8,11,13,16H2,(H2,30,32)(H,31,33). The third-order valence-corrected chi connectivity index (χ3v) is 7.48. The first-order valence-electron chi connectivity index (χ1n) is 12.2. The van der Waals surface area contributed by atoms with Crippen molar-refractivity contribution in [1.29, 1.82) is 0 Å². The maximum Gasteiger partial charge on any atom is 0.251 e. The predicted octanol–water partition coefficient (Wildman–Crippen LogP) is 4.96. The van der Waals surface area contributed by atoms with Crippen molar-refractivity contribution in [3.63, 3.8) is 0 Å². The normalized spacial score (nSPS) is 17.1. The van der Waals surface area contributed by atoms with Crippen LogP contribution < -0.4 is 11.1 Å². The summed E-state index contributed by atoms with van der Waals surface area (Å²) in [5, 5.41) is 14.8. The molecule has 0 atom stereocenters. The minimum atomic E-state index is -0.0724. The second-order valence-corrected chi connectivity index (χ2v) is 10.0. The first-order valence-corrected chi connectivity index (χ1v) is 12.2. The van der Waals surface area contributed by atoms with E-state index in [-0.39, 0.29) is 11.7 Å². The number of hydrogen-bond acceptors (Lipinski definition) is 3. The molecule has 0 saturated heterocycles. The topological polar surface area (TPSA) is 87.7 Å².